The molecule has 0 N–H and O–H groups in total. The molecule has 0 amide bonds. The predicted molar refractivity (Wildman–Crippen MR) is 105 cm³/mol. The predicted octanol–water partition coefficient (Wildman–Crippen LogP) is 3.06. The zero-order chi connectivity index (χ0) is 18.8. The summed E-state index contributed by atoms with van der Waals surface area (Å²) in [5.74, 6) is 6.16. The third-order valence-electron chi connectivity index (χ3n) is 4.36. The number of benzene rings is 1. The van der Waals surface area contributed by atoms with E-state index < -0.39 is 0 Å². The molecule has 3 heterocycles. The van der Waals surface area contributed by atoms with E-state index in [4.69, 9.17) is 4.98 Å². The van der Waals surface area contributed by atoms with Gasteiger partial charge >= 0.3 is 0 Å². The fourth-order valence-corrected chi connectivity index (χ4v) is 3.10. The summed E-state index contributed by atoms with van der Waals surface area (Å²) < 4.78 is 3.28. The van der Waals surface area contributed by atoms with Crippen molar-refractivity contribution in [1.82, 2.24) is 19.2 Å². The van der Waals surface area contributed by atoms with Crippen LogP contribution in [0.1, 0.15) is 23.9 Å². The van der Waals surface area contributed by atoms with E-state index in [1.807, 2.05) is 68.7 Å². The Labute approximate surface area is 156 Å². The van der Waals surface area contributed by atoms with Crippen molar-refractivity contribution in [3.05, 3.63) is 88.2 Å². The lowest BCUT2D eigenvalue weighted by atomic mass is 10.0. The monoisotopic (exact) mass is 354 g/mol. The van der Waals surface area contributed by atoms with Gasteiger partial charge in [0.25, 0.3) is 5.56 Å². The van der Waals surface area contributed by atoms with Crippen LogP contribution in [0, 0.1) is 11.8 Å². The Kier molecular flexibility index (Phi) is 4.31. The molecule has 4 rings (SSSR count). The Hall–Kier alpha value is -3.65. The molecule has 0 atom stereocenters. The minimum absolute atomic E-state index is 0.0980. The summed E-state index contributed by atoms with van der Waals surface area (Å²) in [6, 6.07) is 15.2. The van der Waals surface area contributed by atoms with Gasteiger partial charge in [-0.2, -0.15) is 5.10 Å². The van der Waals surface area contributed by atoms with E-state index in [-0.39, 0.29) is 5.56 Å². The average molecular weight is 354 g/mol. The molecule has 0 spiro atoms. The maximum Gasteiger partial charge on any atom is 0.267 e. The van der Waals surface area contributed by atoms with Crippen LogP contribution in [0.4, 0.5) is 0 Å². The average Bonchev–Trinajstić information content (AvgIpc) is 3.11. The minimum Gasteiger partial charge on any atom is -0.275 e. The molecule has 0 unspecified atom stereocenters. The lowest BCUT2D eigenvalue weighted by Gasteiger charge is -2.11. The number of pyridine rings is 1. The van der Waals surface area contributed by atoms with Crippen LogP contribution < -0.4 is 5.56 Å². The summed E-state index contributed by atoms with van der Waals surface area (Å²) >= 11 is 0. The van der Waals surface area contributed by atoms with Crippen molar-refractivity contribution in [2.24, 2.45) is 7.05 Å². The van der Waals surface area contributed by atoms with Crippen LogP contribution in [-0.4, -0.2) is 19.2 Å². The van der Waals surface area contributed by atoms with Crippen molar-refractivity contribution in [2.75, 3.05) is 0 Å². The Balaban J connectivity index is 1.98. The van der Waals surface area contributed by atoms with Crippen LogP contribution in [0.5, 0.6) is 0 Å². The molecule has 0 aliphatic carbocycles. The van der Waals surface area contributed by atoms with Crippen molar-refractivity contribution in [1.29, 1.82) is 0 Å². The number of nitrogens with zero attached hydrogens (tertiary/aromatic N) is 4. The fourth-order valence-electron chi connectivity index (χ4n) is 3.10. The quantitative estimate of drug-likeness (QED) is 0.520. The highest BCUT2D eigenvalue weighted by Gasteiger charge is 2.14. The second kappa shape index (κ2) is 6.93. The summed E-state index contributed by atoms with van der Waals surface area (Å²) in [6.45, 7) is 2.01. The number of aromatic nitrogens is 4. The first-order valence-corrected chi connectivity index (χ1v) is 8.78. The van der Waals surface area contributed by atoms with Gasteiger partial charge in [0.2, 0.25) is 0 Å². The Morgan fingerprint density at radius 1 is 1.04 bits per heavy atom. The van der Waals surface area contributed by atoms with Crippen LogP contribution in [0.2, 0.25) is 0 Å². The molecule has 132 valence electrons. The third-order valence-corrected chi connectivity index (χ3v) is 4.36. The molecule has 1 aromatic carbocycles. The largest absolute Gasteiger partial charge is 0.275 e. The lowest BCUT2D eigenvalue weighted by molar-refractivity contribution is 0.767. The number of aryl methyl sites for hydroxylation is 2. The molecule has 0 bridgehead atoms. The molecular weight excluding hydrogens is 336 g/mol. The van der Waals surface area contributed by atoms with E-state index in [0.717, 1.165) is 16.8 Å². The third kappa shape index (κ3) is 3.13. The van der Waals surface area contributed by atoms with Gasteiger partial charge in [0.1, 0.15) is 11.3 Å². The summed E-state index contributed by atoms with van der Waals surface area (Å²) in [6.07, 6.45) is 4.22. The first kappa shape index (κ1) is 16.8. The van der Waals surface area contributed by atoms with Crippen LogP contribution in [0.25, 0.3) is 16.8 Å². The van der Waals surface area contributed by atoms with E-state index in [0.29, 0.717) is 23.3 Å². The van der Waals surface area contributed by atoms with E-state index in [1.165, 1.54) is 0 Å². The summed E-state index contributed by atoms with van der Waals surface area (Å²) in [5.41, 5.74) is 4.21. The molecule has 0 aliphatic rings. The van der Waals surface area contributed by atoms with Gasteiger partial charge in [-0.15, -0.1) is 0 Å². The molecule has 0 saturated heterocycles. The van der Waals surface area contributed by atoms with Crippen LogP contribution in [0.15, 0.2) is 65.7 Å². The highest BCUT2D eigenvalue weighted by atomic mass is 16.1. The van der Waals surface area contributed by atoms with E-state index >= 15 is 0 Å². The topological polar surface area (TPSA) is 52.2 Å². The SMILES string of the molecule is CCc1nc2cccc(C#Cc3cnn(C)c3)n2c(=O)c1-c1ccccc1. The molecule has 0 radical (unpaired) electrons. The minimum atomic E-state index is -0.0980. The smallest absolute Gasteiger partial charge is 0.267 e. The first-order chi connectivity index (χ1) is 13.2. The highest BCUT2D eigenvalue weighted by Crippen LogP contribution is 2.20. The maximum atomic E-state index is 13.4. The van der Waals surface area contributed by atoms with Crippen molar-refractivity contribution in [3.8, 4) is 23.0 Å². The van der Waals surface area contributed by atoms with Gasteiger partial charge in [0.05, 0.1) is 23.0 Å². The summed E-state index contributed by atoms with van der Waals surface area (Å²) in [5, 5.41) is 4.12. The number of hydrogen-bond acceptors (Lipinski definition) is 3. The van der Waals surface area contributed by atoms with Crippen LogP contribution in [0.3, 0.4) is 0 Å². The molecule has 5 nitrogen and oxygen atoms in total. The molecular formula is C22H18N4O. The van der Waals surface area contributed by atoms with E-state index in [9.17, 15) is 4.79 Å². The number of hydrogen-bond donors (Lipinski definition) is 0. The first-order valence-electron chi connectivity index (χ1n) is 8.78. The second-order valence-corrected chi connectivity index (χ2v) is 6.22. The number of rotatable bonds is 2. The van der Waals surface area contributed by atoms with Crippen LogP contribution >= 0.6 is 0 Å². The summed E-state index contributed by atoms with van der Waals surface area (Å²) in [4.78, 5) is 18.1. The van der Waals surface area contributed by atoms with Gasteiger partial charge in [-0.25, -0.2) is 4.98 Å². The van der Waals surface area contributed by atoms with Gasteiger partial charge in [-0.05, 0) is 30.0 Å². The van der Waals surface area contributed by atoms with Crippen molar-refractivity contribution in [2.45, 2.75) is 13.3 Å². The molecule has 0 aliphatic heterocycles. The standard InChI is InChI=1S/C22H18N4O/c1-3-19-21(17-8-5-4-6-9-17)22(27)26-18(10-7-11-20(26)24-19)13-12-16-14-23-25(2)15-16/h4-11,14-15H,3H2,1-2H3. The lowest BCUT2D eigenvalue weighted by Crippen LogP contribution is -2.21. The molecule has 3 aromatic heterocycles. The zero-order valence-electron chi connectivity index (χ0n) is 15.2. The second-order valence-electron chi connectivity index (χ2n) is 6.22. The van der Waals surface area contributed by atoms with Crippen molar-refractivity contribution >= 4 is 5.65 Å². The molecule has 5 heteroatoms. The van der Waals surface area contributed by atoms with E-state index in [1.54, 1.807) is 15.3 Å². The van der Waals surface area contributed by atoms with Crippen molar-refractivity contribution in [3.63, 3.8) is 0 Å². The zero-order valence-corrected chi connectivity index (χ0v) is 15.2. The molecule has 0 fully saturated rings. The Morgan fingerprint density at radius 3 is 2.56 bits per heavy atom. The number of fused-ring (bicyclic) bond motifs is 1. The Bertz CT molecular complexity index is 1240. The maximum absolute atomic E-state index is 13.4. The fraction of sp³-hybridized carbons (Fsp3) is 0.136. The molecule has 27 heavy (non-hydrogen) atoms. The van der Waals surface area contributed by atoms with Crippen LogP contribution in [-0.2, 0) is 13.5 Å². The van der Waals surface area contributed by atoms with Gasteiger partial charge in [0, 0.05) is 13.2 Å². The normalized spacial score (nSPS) is 10.6. The summed E-state index contributed by atoms with van der Waals surface area (Å²) in [7, 11) is 1.84. The van der Waals surface area contributed by atoms with Gasteiger partial charge < -0.3 is 0 Å². The highest BCUT2D eigenvalue weighted by molar-refractivity contribution is 5.67. The van der Waals surface area contributed by atoms with Gasteiger partial charge in [-0.3, -0.25) is 13.9 Å². The van der Waals surface area contributed by atoms with E-state index in [2.05, 4.69) is 16.9 Å². The molecule has 4 aromatic rings. The Morgan fingerprint density at radius 2 is 1.85 bits per heavy atom. The van der Waals surface area contributed by atoms with Gasteiger partial charge in [-0.1, -0.05) is 49.2 Å². The molecule has 0 saturated carbocycles. The van der Waals surface area contributed by atoms with Gasteiger partial charge in [0.15, 0.2) is 0 Å². The van der Waals surface area contributed by atoms with Crippen molar-refractivity contribution < 1.29 is 0 Å².